The second-order valence-electron chi connectivity index (χ2n) is 7.34. The topological polar surface area (TPSA) is 70.0 Å². The van der Waals surface area contributed by atoms with E-state index in [0.717, 1.165) is 46.4 Å². The van der Waals surface area contributed by atoms with Crippen molar-refractivity contribution in [1.29, 1.82) is 0 Å². The molecule has 4 rings (SSSR count). The van der Waals surface area contributed by atoms with Crippen molar-refractivity contribution in [1.82, 2.24) is 4.98 Å². The number of allylic oxidation sites excluding steroid dienone is 1. The first-order valence-corrected chi connectivity index (χ1v) is 10.5. The predicted molar refractivity (Wildman–Crippen MR) is 122 cm³/mol. The van der Waals surface area contributed by atoms with Crippen LogP contribution in [-0.4, -0.2) is 23.3 Å². The van der Waals surface area contributed by atoms with Gasteiger partial charge in [-0.25, -0.2) is 4.79 Å². The molecule has 162 valence electrons. The summed E-state index contributed by atoms with van der Waals surface area (Å²) in [4.78, 5) is 31.0. The van der Waals surface area contributed by atoms with Gasteiger partial charge in [0.25, 0.3) is 0 Å². The Kier molecular flexibility index (Phi) is 6.92. The zero-order valence-electron chi connectivity index (χ0n) is 17.9. The molecule has 1 aliphatic carbocycles. The highest BCUT2D eigenvalue weighted by Gasteiger charge is 2.18. The summed E-state index contributed by atoms with van der Waals surface area (Å²) in [7, 11) is 0. The molecule has 0 unspecified atom stereocenters. The Morgan fingerprint density at radius 3 is 2.66 bits per heavy atom. The molecule has 0 saturated carbocycles. The third-order valence-corrected chi connectivity index (χ3v) is 5.11. The summed E-state index contributed by atoms with van der Waals surface area (Å²) >= 11 is 0. The largest absolute Gasteiger partial charge is 0.395 e. The van der Waals surface area contributed by atoms with Crippen molar-refractivity contribution in [3.05, 3.63) is 101 Å². The minimum atomic E-state index is -0.483. The molecule has 6 heteroatoms. The van der Waals surface area contributed by atoms with Gasteiger partial charge in [0.1, 0.15) is 12.3 Å². The van der Waals surface area contributed by atoms with E-state index in [2.05, 4.69) is 22.3 Å². The van der Waals surface area contributed by atoms with Gasteiger partial charge in [0.2, 0.25) is 0 Å². The number of rotatable bonds is 8. The summed E-state index contributed by atoms with van der Waals surface area (Å²) in [6.45, 7) is 1.74. The fourth-order valence-corrected chi connectivity index (χ4v) is 3.68. The van der Waals surface area contributed by atoms with Crippen LogP contribution in [0.4, 0.5) is 0 Å². The van der Waals surface area contributed by atoms with Crippen LogP contribution in [0.5, 0.6) is 5.75 Å². The number of oxime groups is 1. The molecule has 1 aromatic heterocycles. The van der Waals surface area contributed by atoms with Crippen LogP contribution < -0.4 is 4.89 Å². The van der Waals surface area contributed by atoms with Crippen molar-refractivity contribution in [2.45, 2.75) is 26.2 Å². The Morgan fingerprint density at radius 1 is 1.03 bits per heavy atom. The highest BCUT2D eigenvalue weighted by Crippen LogP contribution is 2.34. The van der Waals surface area contributed by atoms with Crippen LogP contribution in [0, 0.1) is 0 Å². The second-order valence-corrected chi connectivity index (χ2v) is 7.34. The van der Waals surface area contributed by atoms with Gasteiger partial charge in [-0.3, -0.25) is 14.8 Å². The van der Waals surface area contributed by atoms with E-state index < -0.39 is 5.97 Å². The normalized spacial score (nSPS) is 13.0. The molecule has 2 aromatic carbocycles. The Bertz CT molecular complexity index is 1080. The van der Waals surface area contributed by atoms with E-state index in [1.54, 1.807) is 12.4 Å². The first-order chi connectivity index (χ1) is 15.7. The molecule has 3 aromatic rings. The summed E-state index contributed by atoms with van der Waals surface area (Å²) in [5.74, 6) is 0.0912. The van der Waals surface area contributed by atoms with Crippen LogP contribution in [-0.2, 0) is 20.9 Å². The maximum atomic E-state index is 11.1. The maximum absolute atomic E-state index is 11.1. The van der Waals surface area contributed by atoms with E-state index in [1.165, 1.54) is 6.92 Å². The van der Waals surface area contributed by atoms with Gasteiger partial charge in [0.15, 0.2) is 5.75 Å². The first-order valence-electron chi connectivity index (χ1n) is 10.5. The van der Waals surface area contributed by atoms with E-state index >= 15 is 0 Å². The molecule has 0 fully saturated rings. The number of fused-ring (bicyclic) bond motifs is 1. The van der Waals surface area contributed by atoms with Crippen molar-refractivity contribution in [3.8, 4) is 5.75 Å². The van der Waals surface area contributed by atoms with Gasteiger partial charge in [-0.2, -0.15) is 0 Å². The molecule has 0 amide bonds. The predicted octanol–water partition coefficient (Wildman–Crippen LogP) is 5.13. The summed E-state index contributed by atoms with van der Waals surface area (Å²) in [6.07, 6.45) is 8.14. The fraction of sp³-hybridized carbons (Fsp3) is 0.192. The molecule has 0 radical (unpaired) electrons. The number of benzene rings is 2. The average Bonchev–Trinajstić information content (AvgIpc) is 2.84. The van der Waals surface area contributed by atoms with E-state index in [4.69, 9.17) is 14.6 Å². The molecular weight excluding hydrogens is 404 g/mol. The Hall–Kier alpha value is -3.93. The van der Waals surface area contributed by atoms with Gasteiger partial charge < -0.3 is 4.84 Å². The summed E-state index contributed by atoms with van der Waals surface area (Å²) in [6, 6.07) is 19.5. The molecule has 6 nitrogen and oxygen atoms in total. The number of hydrogen-bond acceptors (Lipinski definition) is 6. The molecule has 0 spiro atoms. The lowest BCUT2D eigenvalue weighted by molar-refractivity contribution is -0.211. The van der Waals surface area contributed by atoms with Crippen LogP contribution in [0.2, 0.25) is 0 Å². The third kappa shape index (κ3) is 5.21. The molecule has 0 saturated heterocycles. The lowest BCUT2D eigenvalue weighted by Gasteiger charge is -2.19. The van der Waals surface area contributed by atoms with E-state index in [1.807, 2.05) is 54.6 Å². The summed E-state index contributed by atoms with van der Waals surface area (Å²) in [5.41, 5.74) is 5.90. The molecule has 0 bridgehead atoms. The van der Waals surface area contributed by atoms with Crippen molar-refractivity contribution < 1.29 is 19.4 Å². The molecule has 1 aliphatic rings. The van der Waals surface area contributed by atoms with Gasteiger partial charge in [0.05, 0.1) is 0 Å². The third-order valence-electron chi connectivity index (χ3n) is 5.11. The van der Waals surface area contributed by atoms with Gasteiger partial charge in [-0.15, -0.1) is 0 Å². The number of hydrogen-bond donors (Lipinski definition) is 0. The van der Waals surface area contributed by atoms with E-state index in [0.29, 0.717) is 18.8 Å². The van der Waals surface area contributed by atoms with Crippen LogP contribution in [0.25, 0.3) is 5.57 Å². The zero-order valence-corrected chi connectivity index (χ0v) is 17.9. The summed E-state index contributed by atoms with van der Waals surface area (Å²) in [5, 5.41) is 4.44. The SMILES string of the molecule is CC(=O)OOc1cccc2c1CCC=C2CCO/N=C(\c1ccccc1)c1cccnc1. The second kappa shape index (κ2) is 10.4. The smallest absolute Gasteiger partial charge is 0.352 e. The first kappa shape index (κ1) is 21.3. The van der Waals surface area contributed by atoms with E-state index in [9.17, 15) is 4.79 Å². The molecule has 0 N–H and O–H groups in total. The monoisotopic (exact) mass is 428 g/mol. The zero-order chi connectivity index (χ0) is 22.2. The summed E-state index contributed by atoms with van der Waals surface area (Å²) < 4.78 is 0. The van der Waals surface area contributed by atoms with E-state index in [-0.39, 0.29) is 0 Å². The number of aromatic nitrogens is 1. The Morgan fingerprint density at radius 2 is 1.88 bits per heavy atom. The van der Waals surface area contributed by atoms with Crippen LogP contribution >= 0.6 is 0 Å². The average molecular weight is 428 g/mol. The van der Waals surface area contributed by atoms with Gasteiger partial charge in [-0.1, -0.05) is 53.7 Å². The highest BCUT2D eigenvalue weighted by molar-refractivity contribution is 6.12. The molecule has 32 heavy (non-hydrogen) atoms. The lowest BCUT2D eigenvalue weighted by Crippen LogP contribution is -2.09. The number of nitrogens with zero attached hydrogens (tertiary/aromatic N) is 2. The highest BCUT2D eigenvalue weighted by atomic mass is 17.2. The van der Waals surface area contributed by atoms with Crippen molar-refractivity contribution in [2.24, 2.45) is 5.16 Å². The molecular formula is C26H24N2O4. The van der Waals surface area contributed by atoms with Gasteiger partial charge in [-0.05, 0) is 42.2 Å². The van der Waals surface area contributed by atoms with Crippen LogP contribution in [0.1, 0.15) is 42.0 Å². The van der Waals surface area contributed by atoms with Crippen LogP contribution in [0.3, 0.4) is 0 Å². The van der Waals surface area contributed by atoms with Crippen molar-refractivity contribution >= 4 is 17.3 Å². The molecule has 0 aliphatic heterocycles. The van der Waals surface area contributed by atoms with Crippen LogP contribution in [0.15, 0.2) is 84.3 Å². The quantitative estimate of drug-likeness (QED) is 0.215. The Balaban J connectivity index is 1.46. The standard InChI is InChI=1S/C26H24N2O4/c1-19(29)31-32-25-14-6-12-23-20(10-5-13-24(23)25)15-17-30-28-26(21-8-3-2-4-9-21)22-11-7-16-27-18-22/h2-4,6-12,14,16,18H,5,13,15,17H2,1H3/b28-26+. The number of pyridine rings is 1. The molecule has 1 heterocycles. The fourth-order valence-electron chi connectivity index (χ4n) is 3.68. The van der Waals surface area contributed by atoms with Crippen molar-refractivity contribution in [2.75, 3.05) is 6.61 Å². The Labute approximate surface area is 187 Å². The number of carbonyl (C=O) groups is 1. The minimum Gasteiger partial charge on any atom is -0.395 e. The minimum absolute atomic E-state index is 0.427. The maximum Gasteiger partial charge on any atom is 0.352 e. The number of carbonyl (C=O) groups excluding carboxylic acids is 1. The molecule has 0 atom stereocenters. The van der Waals surface area contributed by atoms with Crippen molar-refractivity contribution in [3.63, 3.8) is 0 Å². The van der Waals surface area contributed by atoms with Gasteiger partial charge >= 0.3 is 5.97 Å². The van der Waals surface area contributed by atoms with Gasteiger partial charge in [0, 0.05) is 42.4 Å². The lowest BCUT2D eigenvalue weighted by atomic mass is 9.89.